The molecule has 0 unspecified atom stereocenters. The fraction of sp³-hybridized carbons (Fsp3) is 0.286. The van der Waals surface area contributed by atoms with Crippen LogP contribution in [-0.4, -0.2) is 39.7 Å². The van der Waals surface area contributed by atoms with Gasteiger partial charge in [0, 0.05) is 18.0 Å². The van der Waals surface area contributed by atoms with Gasteiger partial charge in [-0.1, -0.05) is 58.5 Å². The third-order valence-corrected chi connectivity index (χ3v) is 8.67. The van der Waals surface area contributed by atoms with Gasteiger partial charge in [-0.05, 0) is 38.1 Å². The third-order valence-electron chi connectivity index (χ3n) is 4.67. The molecule has 1 aliphatic heterocycles. The number of sulfone groups is 1. The van der Waals surface area contributed by atoms with Gasteiger partial charge in [-0.2, -0.15) is 0 Å². The Morgan fingerprint density at radius 1 is 0.966 bits per heavy atom. The molecule has 1 aromatic heterocycles. The van der Waals surface area contributed by atoms with Crippen LogP contribution >= 0.6 is 23.1 Å². The Bertz CT molecular complexity index is 1090. The normalized spacial score (nSPS) is 14.9. The summed E-state index contributed by atoms with van der Waals surface area (Å²) in [4.78, 5) is 7.97. The number of benzene rings is 2. The molecule has 0 saturated carbocycles. The predicted molar refractivity (Wildman–Crippen MR) is 117 cm³/mol. The number of morpholine rings is 1. The van der Waals surface area contributed by atoms with E-state index in [2.05, 4.69) is 9.88 Å². The fourth-order valence-electron chi connectivity index (χ4n) is 3.00. The van der Waals surface area contributed by atoms with E-state index in [0.717, 1.165) is 14.8 Å². The molecular formula is C21H22N2O3S3. The number of aryl methyl sites for hydroxylation is 2. The maximum absolute atomic E-state index is 13.4. The van der Waals surface area contributed by atoms with Gasteiger partial charge in [0.2, 0.25) is 9.84 Å². The molecule has 0 spiro atoms. The molecule has 152 valence electrons. The number of aromatic nitrogens is 1. The zero-order valence-corrected chi connectivity index (χ0v) is 18.7. The van der Waals surface area contributed by atoms with Crippen molar-refractivity contribution in [3.63, 3.8) is 0 Å². The second-order valence-corrected chi connectivity index (χ2v) is 11.1. The van der Waals surface area contributed by atoms with E-state index in [1.165, 1.54) is 28.7 Å². The molecule has 4 rings (SSSR count). The lowest BCUT2D eigenvalue weighted by molar-refractivity contribution is 0.123. The molecular weight excluding hydrogens is 424 g/mol. The quantitative estimate of drug-likeness (QED) is 0.572. The van der Waals surface area contributed by atoms with Crippen molar-refractivity contribution in [3.05, 3.63) is 59.7 Å². The van der Waals surface area contributed by atoms with Crippen LogP contribution in [0.5, 0.6) is 0 Å². The Hall–Kier alpha value is -1.87. The number of hydrogen-bond acceptors (Lipinski definition) is 7. The summed E-state index contributed by atoms with van der Waals surface area (Å²) in [6.45, 7) is 6.47. The van der Waals surface area contributed by atoms with Crippen molar-refractivity contribution in [2.24, 2.45) is 0 Å². The van der Waals surface area contributed by atoms with Crippen molar-refractivity contribution in [1.29, 1.82) is 0 Å². The van der Waals surface area contributed by atoms with E-state index < -0.39 is 9.84 Å². The lowest BCUT2D eigenvalue weighted by atomic mass is 10.2. The first kappa shape index (κ1) is 20.4. The van der Waals surface area contributed by atoms with Gasteiger partial charge in [0.1, 0.15) is 5.00 Å². The van der Waals surface area contributed by atoms with Gasteiger partial charge in [-0.3, -0.25) is 0 Å². The molecule has 29 heavy (non-hydrogen) atoms. The van der Waals surface area contributed by atoms with Gasteiger partial charge >= 0.3 is 0 Å². The number of hydrogen-bond donors (Lipinski definition) is 0. The second kappa shape index (κ2) is 8.47. The molecule has 0 amide bonds. The monoisotopic (exact) mass is 446 g/mol. The molecule has 0 atom stereocenters. The predicted octanol–water partition coefficient (Wildman–Crippen LogP) is 4.58. The maximum Gasteiger partial charge on any atom is 0.226 e. The average molecular weight is 447 g/mol. The summed E-state index contributed by atoms with van der Waals surface area (Å²) in [5.41, 5.74) is 2.20. The molecule has 5 nitrogen and oxygen atoms in total. The first-order chi connectivity index (χ1) is 13.9. The van der Waals surface area contributed by atoms with Gasteiger partial charge in [-0.15, -0.1) is 0 Å². The molecule has 1 fully saturated rings. The van der Waals surface area contributed by atoms with E-state index >= 15 is 0 Å². The lowest BCUT2D eigenvalue weighted by Gasteiger charge is -2.27. The van der Waals surface area contributed by atoms with E-state index in [4.69, 9.17) is 4.74 Å². The summed E-state index contributed by atoms with van der Waals surface area (Å²) in [6, 6.07) is 15.1. The fourth-order valence-corrected chi connectivity index (χ4v) is 6.91. The Morgan fingerprint density at radius 2 is 1.55 bits per heavy atom. The number of ether oxygens (including phenoxy) is 1. The molecule has 0 bridgehead atoms. The van der Waals surface area contributed by atoms with E-state index in [1.54, 1.807) is 12.1 Å². The van der Waals surface area contributed by atoms with Crippen molar-refractivity contribution in [3.8, 4) is 0 Å². The molecule has 2 aromatic carbocycles. The Kier molecular flexibility index (Phi) is 5.96. The molecule has 2 heterocycles. The third kappa shape index (κ3) is 4.50. The number of thiazole rings is 1. The van der Waals surface area contributed by atoms with Crippen LogP contribution in [0.3, 0.4) is 0 Å². The molecule has 8 heteroatoms. The summed E-state index contributed by atoms with van der Waals surface area (Å²) in [7, 11) is -3.71. The minimum Gasteiger partial charge on any atom is -0.378 e. The molecule has 1 saturated heterocycles. The molecule has 3 aromatic rings. The number of anilines is 1. The van der Waals surface area contributed by atoms with Crippen molar-refractivity contribution in [2.45, 2.75) is 33.0 Å². The molecule has 1 aliphatic rings. The van der Waals surface area contributed by atoms with Crippen molar-refractivity contribution >= 4 is 37.9 Å². The van der Waals surface area contributed by atoms with Crippen LogP contribution in [0.25, 0.3) is 0 Å². The highest BCUT2D eigenvalue weighted by molar-refractivity contribution is 8.01. The number of rotatable bonds is 5. The van der Waals surface area contributed by atoms with Crippen LogP contribution in [0.15, 0.2) is 67.7 Å². The van der Waals surface area contributed by atoms with Gasteiger partial charge < -0.3 is 9.64 Å². The second-order valence-electron chi connectivity index (χ2n) is 6.92. The largest absolute Gasteiger partial charge is 0.378 e. The summed E-state index contributed by atoms with van der Waals surface area (Å²) < 4.78 is 33.0. The topological polar surface area (TPSA) is 59.5 Å². The van der Waals surface area contributed by atoms with Crippen LogP contribution < -0.4 is 4.90 Å². The maximum atomic E-state index is 13.4. The van der Waals surface area contributed by atoms with E-state index in [0.29, 0.717) is 31.3 Å². The van der Waals surface area contributed by atoms with Crippen LogP contribution in [0.1, 0.15) is 11.1 Å². The van der Waals surface area contributed by atoms with Crippen molar-refractivity contribution in [1.82, 2.24) is 4.98 Å². The summed E-state index contributed by atoms with van der Waals surface area (Å²) in [6.07, 6.45) is 0. The van der Waals surface area contributed by atoms with Crippen LogP contribution in [0, 0.1) is 13.8 Å². The zero-order valence-electron chi connectivity index (χ0n) is 16.3. The van der Waals surface area contributed by atoms with E-state index in [9.17, 15) is 8.42 Å². The van der Waals surface area contributed by atoms with Gasteiger partial charge in [0.05, 0.1) is 18.1 Å². The Morgan fingerprint density at radius 3 is 2.17 bits per heavy atom. The number of nitrogens with zero attached hydrogens (tertiary/aromatic N) is 2. The summed E-state index contributed by atoms with van der Waals surface area (Å²) in [5.74, 6) is 0. The van der Waals surface area contributed by atoms with Crippen LogP contribution in [-0.2, 0) is 14.6 Å². The average Bonchev–Trinajstić information content (AvgIpc) is 3.15. The van der Waals surface area contributed by atoms with Gasteiger partial charge in [0.25, 0.3) is 0 Å². The molecule has 0 radical (unpaired) electrons. The van der Waals surface area contributed by atoms with Gasteiger partial charge in [0.15, 0.2) is 9.37 Å². The van der Waals surface area contributed by atoms with E-state index in [-0.39, 0.29) is 9.92 Å². The highest BCUT2D eigenvalue weighted by atomic mass is 32.2. The van der Waals surface area contributed by atoms with Crippen molar-refractivity contribution < 1.29 is 13.2 Å². The Balaban J connectivity index is 1.75. The smallest absolute Gasteiger partial charge is 0.226 e. The first-order valence-electron chi connectivity index (χ1n) is 9.33. The first-order valence-corrected chi connectivity index (χ1v) is 12.4. The summed E-state index contributed by atoms with van der Waals surface area (Å²) in [5, 5.41) is 0.839. The SMILES string of the molecule is Cc1ccc(Sc2nc(S(=O)(=O)c3ccc(C)cc3)c(N3CCOCC3)s2)cc1. The van der Waals surface area contributed by atoms with Crippen LogP contribution in [0.2, 0.25) is 0 Å². The van der Waals surface area contributed by atoms with E-state index in [1.807, 2.05) is 50.2 Å². The Labute approximate surface area is 179 Å². The highest BCUT2D eigenvalue weighted by Gasteiger charge is 2.30. The minimum atomic E-state index is -3.71. The van der Waals surface area contributed by atoms with Gasteiger partial charge in [-0.25, -0.2) is 13.4 Å². The zero-order chi connectivity index (χ0) is 20.4. The standard InChI is InChI=1S/C21H22N2O3S3/c1-15-3-7-17(8-4-15)27-21-22-19(20(28-21)23-11-13-26-14-12-23)29(24,25)18-9-5-16(2)6-10-18/h3-10H,11-14H2,1-2H3. The minimum absolute atomic E-state index is 0.142. The molecule has 0 N–H and O–H groups in total. The van der Waals surface area contributed by atoms with Crippen molar-refractivity contribution in [2.75, 3.05) is 31.2 Å². The lowest BCUT2D eigenvalue weighted by Crippen LogP contribution is -2.36. The summed E-state index contributed by atoms with van der Waals surface area (Å²) >= 11 is 2.93. The molecule has 0 aliphatic carbocycles. The highest BCUT2D eigenvalue weighted by Crippen LogP contribution is 2.41. The van der Waals surface area contributed by atoms with Crippen LogP contribution in [0.4, 0.5) is 5.00 Å².